The maximum atomic E-state index is 5.60. The Morgan fingerprint density at radius 2 is 1.78 bits per heavy atom. The Hall–Kier alpha value is -1.59. The van der Waals surface area contributed by atoms with E-state index in [1.54, 1.807) is 0 Å². The molecule has 1 heterocycles. The molecule has 0 atom stereocenters. The van der Waals surface area contributed by atoms with Crippen LogP contribution in [0, 0.1) is 5.92 Å². The van der Waals surface area contributed by atoms with Crippen molar-refractivity contribution in [2.24, 2.45) is 10.9 Å². The van der Waals surface area contributed by atoms with Gasteiger partial charge < -0.3 is 15.4 Å². The molecule has 5 heteroatoms. The van der Waals surface area contributed by atoms with E-state index in [0.29, 0.717) is 5.92 Å². The van der Waals surface area contributed by atoms with Gasteiger partial charge >= 0.3 is 0 Å². The standard InChI is InChI=1S/C22H38N4O/c1-19(2)18-27-15-7-12-24-22(23-3)25-16-20-8-10-21(11-9-20)17-26-13-5-4-6-14-26/h8-11,19H,4-7,12-18H2,1-3H3,(H2,23,24,25). The summed E-state index contributed by atoms with van der Waals surface area (Å²) in [4.78, 5) is 6.85. The Bertz CT molecular complexity index is 536. The molecular formula is C22H38N4O. The first-order valence-corrected chi connectivity index (χ1v) is 10.5. The molecule has 1 aliphatic heterocycles. The van der Waals surface area contributed by atoms with E-state index < -0.39 is 0 Å². The molecular weight excluding hydrogens is 336 g/mol. The Morgan fingerprint density at radius 1 is 1.07 bits per heavy atom. The monoisotopic (exact) mass is 374 g/mol. The maximum Gasteiger partial charge on any atom is 0.191 e. The molecule has 0 unspecified atom stereocenters. The van der Waals surface area contributed by atoms with E-state index in [1.165, 1.54) is 43.5 Å². The van der Waals surface area contributed by atoms with E-state index in [-0.39, 0.29) is 0 Å². The van der Waals surface area contributed by atoms with Crippen LogP contribution in [0.15, 0.2) is 29.3 Å². The zero-order valence-corrected chi connectivity index (χ0v) is 17.5. The first-order chi connectivity index (χ1) is 13.2. The van der Waals surface area contributed by atoms with Gasteiger partial charge in [0.1, 0.15) is 0 Å². The Labute approximate surface area is 165 Å². The van der Waals surface area contributed by atoms with Gasteiger partial charge in [0.15, 0.2) is 5.96 Å². The van der Waals surface area contributed by atoms with E-state index in [1.807, 2.05) is 7.05 Å². The summed E-state index contributed by atoms with van der Waals surface area (Å²) in [5.41, 5.74) is 2.69. The highest BCUT2D eigenvalue weighted by molar-refractivity contribution is 5.79. The number of benzene rings is 1. The molecule has 2 N–H and O–H groups in total. The minimum atomic E-state index is 0.596. The summed E-state index contributed by atoms with van der Waals surface area (Å²) < 4.78 is 5.60. The third-order valence-electron chi connectivity index (χ3n) is 4.77. The van der Waals surface area contributed by atoms with Gasteiger partial charge in [0.05, 0.1) is 0 Å². The zero-order valence-electron chi connectivity index (χ0n) is 17.5. The number of hydrogen-bond donors (Lipinski definition) is 2. The second kappa shape index (κ2) is 12.7. The second-order valence-corrected chi connectivity index (χ2v) is 7.83. The average Bonchev–Trinajstić information content (AvgIpc) is 2.68. The topological polar surface area (TPSA) is 48.9 Å². The fraction of sp³-hybridized carbons (Fsp3) is 0.682. The smallest absolute Gasteiger partial charge is 0.191 e. The lowest BCUT2D eigenvalue weighted by atomic mass is 10.1. The van der Waals surface area contributed by atoms with Crippen molar-refractivity contribution in [3.05, 3.63) is 35.4 Å². The van der Waals surface area contributed by atoms with Crippen molar-refractivity contribution in [1.29, 1.82) is 0 Å². The van der Waals surface area contributed by atoms with E-state index in [4.69, 9.17) is 4.74 Å². The third kappa shape index (κ3) is 9.25. The second-order valence-electron chi connectivity index (χ2n) is 7.83. The lowest BCUT2D eigenvalue weighted by Gasteiger charge is -2.26. The molecule has 27 heavy (non-hydrogen) atoms. The van der Waals surface area contributed by atoms with Gasteiger partial charge in [-0.3, -0.25) is 9.89 Å². The summed E-state index contributed by atoms with van der Waals surface area (Å²) in [5.74, 6) is 1.44. The molecule has 1 aromatic carbocycles. The van der Waals surface area contributed by atoms with Crippen LogP contribution in [0.25, 0.3) is 0 Å². The minimum Gasteiger partial charge on any atom is -0.381 e. The SMILES string of the molecule is CN=C(NCCCOCC(C)C)NCc1ccc(CN2CCCCC2)cc1. The van der Waals surface area contributed by atoms with Crippen molar-refractivity contribution < 1.29 is 4.74 Å². The molecule has 0 aliphatic carbocycles. The highest BCUT2D eigenvalue weighted by atomic mass is 16.5. The fourth-order valence-corrected chi connectivity index (χ4v) is 3.24. The molecule has 2 rings (SSSR count). The summed E-state index contributed by atoms with van der Waals surface area (Å²) in [6.07, 6.45) is 5.07. The quantitative estimate of drug-likeness (QED) is 0.374. The van der Waals surface area contributed by atoms with Crippen LogP contribution in [-0.4, -0.2) is 50.8 Å². The normalized spacial score (nSPS) is 15.9. The van der Waals surface area contributed by atoms with Gasteiger partial charge in [0, 0.05) is 39.9 Å². The highest BCUT2D eigenvalue weighted by Crippen LogP contribution is 2.13. The van der Waals surface area contributed by atoms with E-state index in [2.05, 4.69) is 58.6 Å². The lowest BCUT2D eigenvalue weighted by Crippen LogP contribution is -2.37. The Balaban J connectivity index is 1.63. The zero-order chi connectivity index (χ0) is 19.3. The van der Waals surface area contributed by atoms with Crippen LogP contribution < -0.4 is 10.6 Å². The van der Waals surface area contributed by atoms with Gasteiger partial charge in [-0.15, -0.1) is 0 Å². The van der Waals surface area contributed by atoms with Gasteiger partial charge in [0.25, 0.3) is 0 Å². The van der Waals surface area contributed by atoms with Crippen molar-refractivity contribution in [3.63, 3.8) is 0 Å². The minimum absolute atomic E-state index is 0.596. The van der Waals surface area contributed by atoms with Crippen LogP contribution >= 0.6 is 0 Å². The van der Waals surface area contributed by atoms with Gasteiger partial charge in [-0.1, -0.05) is 44.5 Å². The molecule has 0 radical (unpaired) electrons. The maximum absolute atomic E-state index is 5.60. The van der Waals surface area contributed by atoms with Crippen molar-refractivity contribution in [1.82, 2.24) is 15.5 Å². The van der Waals surface area contributed by atoms with E-state index >= 15 is 0 Å². The number of nitrogens with one attached hydrogen (secondary N) is 2. The number of hydrogen-bond acceptors (Lipinski definition) is 3. The van der Waals surface area contributed by atoms with Gasteiger partial charge in [0.2, 0.25) is 0 Å². The first-order valence-electron chi connectivity index (χ1n) is 10.5. The largest absolute Gasteiger partial charge is 0.381 e. The van der Waals surface area contributed by atoms with Crippen LogP contribution in [0.5, 0.6) is 0 Å². The number of aliphatic imine (C=N–C) groups is 1. The predicted octanol–water partition coefficient (Wildman–Crippen LogP) is 3.40. The molecule has 0 saturated carbocycles. The summed E-state index contributed by atoms with van der Waals surface area (Å²) in [5, 5.41) is 6.73. The number of rotatable bonds is 10. The van der Waals surface area contributed by atoms with Crippen LogP contribution in [0.3, 0.4) is 0 Å². The van der Waals surface area contributed by atoms with Crippen LogP contribution in [-0.2, 0) is 17.8 Å². The Morgan fingerprint density at radius 3 is 2.44 bits per heavy atom. The van der Waals surface area contributed by atoms with Crippen LogP contribution in [0.2, 0.25) is 0 Å². The average molecular weight is 375 g/mol. The van der Waals surface area contributed by atoms with Gasteiger partial charge in [-0.05, 0) is 49.4 Å². The number of likely N-dealkylation sites (tertiary alicyclic amines) is 1. The third-order valence-corrected chi connectivity index (χ3v) is 4.77. The molecule has 0 spiro atoms. The molecule has 1 fully saturated rings. The predicted molar refractivity (Wildman–Crippen MR) is 114 cm³/mol. The Kier molecular flexibility index (Phi) is 10.2. The van der Waals surface area contributed by atoms with E-state index in [9.17, 15) is 0 Å². The number of nitrogens with zero attached hydrogens (tertiary/aromatic N) is 2. The molecule has 5 nitrogen and oxygen atoms in total. The fourth-order valence-electron chi connectivity index (χ4n) is 3.24. The summed E-state index contributed by atoms with van der Waals surface area (Å²) >= 11 is 0. The number of ether oxygens (including phenoxy) is 1. The summed E-state index contributed by atoms with van der Waals surface area (Å²) in [6, 6.07) is 8.96. The molecule has 1 saturated heterocycles. The first kappa shape index (κ1) is 21.7. The molecule has 0 aromatic heterocycles. The molecule has 1 aliphatic rings. The van der Waals surface area contributed by atoms with E-state index in [0.717, 1.165) is 45.2 Å². The van der Waals surface area contributed by atoms with Gasteiger partial charge in [-0.25, -0.2) is 0 Å². The van der Waals surface area contributed by atoms with Crippen molar-refractivity contribution in [2.75, 3.05) is 39.9 Å². The van der Waals surface area contributed by atoms with Crippen LogP contribution in [0.4, 0.5) is 0 Å². The molecule has 0 bridgehead atoms. The lowest BCUT2D eigenvalue weighted by molar-refractivity contribution is 0.108. The molecule has 0 amide bonds. The molecule has 152 valence electrons. The summed E-state index contributed by atoms with van der Waals surface area (Å²) in [7, 11) is 1.81. The van der Waals surface area contributed by atoms with Crippen molar-refractivity contribution in [3.8, 4) is 0 Å². The van der Waals surface area contributed by atoms with Crippen molar-refractivity contribution in [2.45, 2.75) is 52.6 Å². The highest BCUT2D eigenvalue weighted by Gasteiger charge is 2.10. The number of piperidine rings is 1. The summed E-state index contributed by atoms with van der Waals surface area (Å²) in [6.45, 7) is 11.2. The van der Waals surface area contributed by atoms with Crippen molar-refractivity contribution >= 4 is 5.96 Å². The van der Waals surface area contributed by atoms with Gasteiger partial charge in [-0.2, -0.15) is 0 Å². The van der Waals surface area contributed by atoms with Crippen LogP contribution in [0.1, 0.15) is 50.7 Å². The number of guanidine groups is 1. The molecule has 1 aromatic rings.